The molecule has 0 radical (unpaired) electrons. The van der Waals surface area contributed by atoms with Gasteiger partial charge in [0.15, 0.2) is 0 Å². The largest absolute Gasteiger partial charge is 0.481 e. The Morgan fingerprint density at radius 2 is 2.42 bits per heavy atom. The molecule has 0 aromatic heterocycles. The van der Waals surface area contributed by atoms with Gasteiger partial charge in [-0.1, -0.05) is 0 Å². The molecule has 1 heterocycles. The fraction of sp³-hybridized carbons (Fsp3) is 0.714. The first-order valence-electron chi connectivity index (χ1n) is 3.80. The fourth-order valence-electron chi connectivity index (χ4n) is 1.27. The number of amides is 1. The second-order valence-corrected chi connectivity index (χ2v) is 2.66. The van der Waals surface area contributed by atoms with Crippen LogP contribution < -0.4 is 5.32 Å². The average Bonchev–Trinajstić information content (AvgIpc) is 2.05. The van der Waals surface area contributed by atoms with E-state index in [4.69, 9.17) is 9.84 Å². The molecule has 1 aliphatic rings. The van der Waals surface area contributed by atoms with Crippen molar-refractivity contribution >= 4 is 12.4 Å². The highest BCUT2D eigenvalue weighted by Gasteiger charge is 2.31. The maximum Gasteiger partial charge on any atom is 0.311 e. The van der Waals surface area contributed by atoms with Crippen molar-refractivity contribution in [3.05, 3.63) is 0 Å². The predicted molar refractivity (Wildman–Crippen MR) is 39.3 cm³/mol. The molecule has 2 atom stereocenters. The summed E-state index contributed by atoms with van der Waals surface area (Å²) in [5.41, 5.74) is 0. The van der Waals surface area contributed by atoms with Crippen molar-refractivity contribution in [3.8, 4) is 0 Å². The van der Waals surface area contributed by atoms with E-state index < -0.39 is 18.1 Å². The molecule has 1 saturated heterocycles. The summed E-state index contributed by atoms with van der Waals surface area (Å²) in [5, 5.41) is 11.0. The Morgan fingerprint density at radius 1 is 1.67 bits per heavy atom. The number of carbonyl (C=O) groups is 2. The molecule has 0 aliphatic carbocycles. The van der Waals surface area contributed by atoms with Crippen LogP contribution in [0.1, 0.15) is 12.8 Å². The minimum Gasteiger partial charge on any atom is -0.481 e. The van der Waals surface area contributed by atoms with Crippen LogP contribution in [0.15, 0.2) is 0 Å². The Hall–Kier alpha value is -1.10. The average molecular weight is 173 g/mol. The first-order valence-corrected chi connectivity index (χ1v) is 3.80. The van der Waals surface area contributed by atoms with E-state index in [1.807, 2.05) is 0 Å². The molecular formula is C7H11NO4. The molecule has 0 aromatic rings. The summed E-state index contributed by atoms with van der Waals surface area (Å²) in [6.07, 6.45) is 1.09. The topological polar surface area (TPSA) is 75.6 Å². The van der Waals surface area contributed by atoms with Crippen molar-refractivity contribution in [2.45, 2.75) is 19.1 Å². The summed E-state index contributed by atoms with van der Waals surface area (Å²) in [7, 11) is 0. The molecule has 5 heteroatoms. The number of hydrogen-bond acceptors (Lipinski definition) is 3. The van der Waals surface area contributed by atoms with Crippen molar-refractivity contribution in [2.24, 2.45) is 5.92 Å². The van der Waals surface area contributed by atoms with E-state index in [0.717, 1.165) is 6.42 Å². The van der Waals surface area contributed by atoms with Crippen LogP contribution in [-0.4, -0.2) is 30.3 Å². The molecular weight excluding hydrogens is 162 g/mol. The van der Waals surface area contributed by atoms with Crippen LogP contribution in [0.3, 0.4) is 0 Å². The molecule has 12 heavy (non-hydrogen) atoms. The quantitative estimate of drug-likeness (QED) is 0.568. The monoisotopic (exact) mass is 173 g/mol. The number of carboxylic acids is 1. The molecule has 2 N–H and O–H groups in total. The molecule has 0 aromatic carbocycles. The highest BCUT2D eigenvalue weighted by Crippen LogP contribution is 2.18. The van der Waals surface area contributed by atoms with E-state index in [-0.39, 0.29) is 0 Å². The number of nitrogens with one attached hydrogen (secondary N) is 1. The number of aliphatic carboxylic acids is 1. The van der Waals surface area contributed by atoms with Crippen molar-refractivity contribution < 1.29 is 19.4 Å². The third-order valence-electron chi connectivity index (χ3n) is 1.87. The normalized spacial score (nSPS) is 29.3. The van der Waals surface area contributed by atoms with E-state index in [1.54, 1.807) is 0 Å². The fourth-order valence-corrected chi connectivity index (χ4v) is 1.27. The van der Waals surface area contributed by atoms with Gasteiger partial charge in [-0.15, -0.1) is 0 Å². The van der Waals surface area contributed by atoms with Gasteiger partial charge >= 0.3 is 5.97 Å². The Morgan fingerprint density at radius 3 is 3.00 bits per heavy atom. The lowest BCUT2D eigenvalue weighted by Crippen LogP contribution is -2.44. The van der Waals surface area contributed by atoms with Crippen molar-refractivity contribution in [3.63, 3.8) is 0 Å². The van der Waals surface area contributed by atoms with Gasteiger partial charge in [0.25, 0.3) is 0 Å². The smallest absolute Gasteiger partial charge is 0.311 e. The molecule has 2 unspecified atom stereocenters. The molecule has 1 fully saturated rings. The van der Waals surface area contributed by atoms with Crippen LogP contribution in [0.2, 0.25) is 0 Å². The Bertz CT molecular complexity index is 182. The maximum absolute atomic E-state index is 10.6. The van der Waals surface area contributed by atoms with Gasteiger partial charge in [-0.25, -0.2) is 0 Å². The van der Waals surface area contributed by atoms with E-state index >= 15 is 0 Å². The first-order chi connectivity index (χ1) is 5.75. The standard InChI is InChI=1S/C7H11NO4/c9-4-8-6-5(7(10)11)2-1-3-12-6/h4-6H,1-3H2,(H,8,9)(H,10,11). The van der Waals surface area contributed by atoms with E-state index in [1.165, 1.54) is 0 Å². The van der Waals surface area contributed by atoms with Crippen LogP contribution in [0.4, 0.5) is 0 Å². The lowest BCUT2D eigenvalue weighted by molar-refractivity contribution is -0.153. The molecule has 1 amide bonds. The van der Waals surface area contributed by atoms with Crippen molar-refractivity contribution in [1.82, 2.24) is 5.32 Å². The maximum atomic E-state index is 10.6. The van der Waals surface area contributed by atoms with Crippen LogP contribution in [0.5, 0.6) is 0 Å². The lowest BCUT2D eigenvalue weighted by atomic mass is 9.99. The van der Waals surface area contributed by atoms with Crippen LogP contribution in [0.25, 0.3) is 0 Å². The minimum atomic E-state index is -0.922. The zero-order valence-electron chi connectivity index (χ0n) is 6.53. The lowest BCUT2D eigenvalue weighted by Gasteiger charge is -2.27. The molecule has 5 nitrogen and oxygen atoms in total. The first kappa shape index (κ1) is 8.99. The molecule has 0 bridgehead atoms. The molecule has 68 valence electrons. The van der Waals surface area contributed by atoms with Gasteiger partial charge in [-0.05, 0) is 12.8 Å². The summed E-state index contributed by atoms with van der Waals surface area (Å²) in [5.74, 6) is -1.53. The van der Waals surface area contributed by atoms with Crippen molar-refractivity contribution in [1.29, 1.82) is 0 Å². The van der Waals surface area contributed by atoms with E-state index in [0.29, 0.717) is 19.4 Å². The third-order valence-corrected chi connectivity index (χ3v) is 1.87. The highest BCUT2D eigenvalue weighted by atomic mass is 16.5. The Balaban J connectivity index is 2.53. The van der Waals surface area contributed by atoms with Gasteiger partial charge in [-0.2, -0.15) is 0 Å². The summed E-state index contributed by atoms with van der Waals surface area (Å²) < 4.78 is 5.07. The molecule has 0 saturated carbocycles. The van der Waals surface area contributed by atoms with Gasteiger partial charge in [-0.3, -0.25) is 9.59 Å². The third kappa shape index (κ3) is 1.94. The number of carboxylic acid groups (broad SMARTS) is 1. The number of hydrogen-bond donors (Lipinski definition) is 2. The minimum absolute atomic E-state index is 0.464. The zero-order valence-corrected chi connectivity index (χ0v) is 6.53. The van der Waals surface area contributed by atoms with Crippen LogP contribution in [0, 0.1) is 5.92 Å². The van der Waals surface area contributed by atoms with E-state index in [9.17, 15) is 9.59 Å². The van der Waals surface area contributed by atoms with Gasteiger partial charge in [0.1, 0.15) is 12.1 Å². The van der Waals surface area contributed by atoms with Gasteiger partial charge in [0, 0.05) is 6.61 Å². The van der Waals surface area contributed by atoms with E-state index in [2.05, 4.69) is 5.32 Å². The summed E-state index contributed by atoms with van der Waals surface area (Å²) in [6, 6.07) is 0. The summed E-state index contributed by atoms with van der Waals surface area (Å²) in [4.78, 5) is 20.7. The van der Waals surface area contributed by atoms with Crippen LogP contribution in [-0.2, 0) is 14.3 Å². The number of ether oxygens (including phenoxy) is 1. The highest BCUT2D eigenvalue weighted by molar-refractivity contribution is 5.71. The zero-order chi connectivity index (χ0) is 8.97. The molecule has 1 rings (SSSR count). The number of rotatable bonds is 3. The van der Waals surface area contributed by atoms with Crippen molar-refractivity contribution in [2.75, 3.05) is 6.61 Å². The Kier molecular flexibility index (Phi) is 3.04. The summed E-state index contributed by atoms with van der Waals surface area (Å²) >= 11 is 0. The Labute approximate surface area is 69.7 Å². The van der Waals surface area contributed by atoms with Crippen LogP contribution >= 0.6 is 0 Å². The SMILES string of the molecule is O=CNC1OCCCC1C(=O)O. The van der Waals surface area contributed by atoms with Gasteiger partial charge in [0.05, 0.1) is 0 Å². The van der Waals surface area contributed by atoms with Gasteiger partial charge < -0.3 is 15.2 Å². The molecule has 1 aliphatic heterocycles. The molecule has 0 spiro atoms. The second-order valence-electron chi connectivity index (χ2n) is 2.66. The predicted octanol–water partition coefficient (Wildman–Crippen LogP) is -0.430. The summed E-state index contributed by atoms with van der Waals surface area (Å²) in [6.45, 7) is 0.509. The number of carbonyl (C=O) groups excluding carboxylic acids is 1. The van der Waals surface area contributed by atoms with Gasteiger partial charge in [0.2, 0.25) is 6.41 Å². The second kappa shape index (κ2) is 4.06.